The number of nitrogens with one attached hydrogen (secondary N) is 1. The number of benzene rings is 4. The van der Waals surface area contributed by atoms with Gasteiger partial charge in [-0.1, -0.05) is 23.7 Å². The van der Waals surface area contributed by atoms with E-state index in [4.69, 9.17) is 17.3 Å². The molecule has 4 aromatic carbocycles. The number of phenolic OH excluding ortho intramolecular Hbond substituents is 1. The van der Waals surface area contributed by atoms with Crippen LogP contribution in [0.4, 0.5) is 28.4 Å². The van der Waals surface area contributed by atoms with Crippen LogP contribution >= 0.6 is 11.6 Å². The monoisotopic (exact) mass is 628 g/mol. The summed E-state index contributed by atoms with van der Waals surface area (Å²) in [5.74, 6) is -0.765. The maximum atomic E-state index is 12.1. The fourth-order valence-electron chi connectivity index (χ4n) is 3.58. The molecule has 0 bridgehead atoms. The molecule has 0 saturated carbocycles. The number of halogens is 1. The molecule has 0 unspecified atom stereocenters. The highest BCUT2D eigenvalue weighted by atomic mass is 35.5. The van der Waals surface area contributed by atoms with Crippen LogP contribution in [0, 0.1) is 0 Å². The van der Waals surface area contributed by atoms with Gasteiger partial charge in [-0.25, -0.2) is 0 Å². The van der Waals surface area contributed by atoms with E-state index in [0.29, 0.717) is 0 Å². The molecule has 0 heterocycles. The molecule has 40 heavy (non-hydrogen) atoms. The van der Waals surface area contributed by atoms with Crippen LogP contribution in [0.5, 0.6) is 5.75 Å². The van der Waals surface area contributed by atoms with E-state index < -0.39 is 62.3 Å². The molecule has 0 fully saturated rings. The number of nitrogens with two attached hydrogens (primary N) is 1. The Morgan fingerprint density at radius 3 is 2.02 bits per heavy atom. The molecule has 0 aliphatic rings. The molecule has 7 N–H and O–H groups in total. The van der Waals surface area contributed by atoms with E-state index in [1.54, 1.807) is 0 Å². The van der Waals surface area contributed by atoms with Gasteiger partial charge in [-0.2, -0.15) is 25.3 Å². The molecular weight excluding hydrogens is 612 g/mol. The number of hydrogen-bond acceptors (Lipinski definition) is 11. The summed E-state index contributed by atoms with van der Waals surface area (Å²) in [6.07, 6.45) is 0. The predicted octanol–water partition coefficient (Wildman–Crippen LogP) is 4.68. The Hall–Kier alpha value is -3.84. The lowest BCUT2D eigenvalue weighted by Gasteiger charge is -2.12. The van der Waals surface area contributed by atoms with Crippen molar-refractivity contribution in [1.29, 1.82) is 0 Å². The summed E-state index contributed by atoms with van der Waals surface area (Å²) in [6.45, 7) is 0. The average molecular weight is 629 g/mol. The zero-order valence-corrected chi connectivity index (χ0v) is 22.8. The van der Waals surface area contributed by atoms with Crippen molar-refractivity contribution in [2.45, 2.75) is 14.7 Å². The van der Waals surface area contributed by atoms with Crippen LogP contribution in [0.2, 0.25) is 5.02 Å². The molecule has 210 valence electrons. The van der Waals surface area contributed by atoms with Gasteiger partial charge < -0.3 is 16.2 Å². The normalized spacial score (nSPS) is 12.7. The van der Waals surface area contributed by atoms with Crippen LogP contribution in [0.1, 0.15) is 0 Å². The van der Waals surface area contributed by atoms with Gasteiger partial charge >= 0.3 is 0 Å². The molecular formula is C22H17ClN4O10S3. The minimum atomic E-state index is -4.98. The maximum Gasteiger partial charge on any atom is 0.296 e. The highest BCUT2D eigenvalue weighted by molar-refractivity contribution is 7.86. The van der Waals surface area contributed by atoms with Crippen molar-refractivity contribution in [2.24, 2.45) is 10.2 Å². The third-order valence-electron chi connectivity index (χ3n) is 5.33. The zero-order valence-electron chi connectivity index (χ0n) is 19.6. The number of nitrogen functional groups attached to an aromatic ring is 1. The Kier molecular flexibility index (Phi) is 7.50. The third kappa shape index (κ3) is 6.15. The number of phenols is 1. The highest BCUT2D eigenvalue weighted by Gasteiger charge is 2.23. The van der Waals surface area contributed by atoms with Gasteiger partial charge in [0, 0.05) is 22.4 Å². The van der Waals surface area contributed by atoms with Gasteiger partial charge in [0.05, 0.1) is 9.92 Å². The quantitative estimate of drug-likeness (QED) is 0.0927. The van der Waals surface area contributed by atoms with E-state index >= 15 is 0 Å². The largest absolute Gasteiger partial charge is 0.505 e. The average Bonchev–Trinajstić information content (AvgIpc) is 2.83. The molecule has 0 atom stereocenters. The molecule has 4 aromatic rings. The molecule has 0 aliphatic heterocycles. The second kappa shape index (κ2) is 10.3. The van der Waals surface area contributed by atoms with Crippen LogP contribution in [0.25, 0.3) is 10.8 Å². The number of fused-ring (bicyclic) bond motifs is 1. The van der Waals surface area contributed by atoms with Crippen molar-refractivity contribution < 1.29 is 44.0 Å². The molecule has 0 aromatic heterocycles. The Morgan fingerprint density at radius 2 is 1.40 bits per heavy atom. The van der Waals surface area contributed by atoms with E-state index in [2.05, 4.69) is 15.5 Å². The van der Waals surface area contributed by atoms with Crippen molar-refractivity contribution in [3.8, 4) is 5.75 Å². The summed E-state index contributed by atoms with van der Waals surface area (Å²) in [7, 11) is -14.3. The van der Waals surface area contributed by atoms with Crippen molar-refractivity contribution in [3.63, 3.8) is 0 Å². The lowest BCUT2D eigenvalue weighted by atomic mass is 10.1. The highest BCUT2D eigenvalue weighted by Crippen LogP contribution is 2.43. The SMILES string of the molecule is Nc1cc(N=Nc2c(S(=O)(=O)O)cc3ccc(Nc4cccc(S(=O)(=O)O)c4)cc3c2O)c(Cl)c(S(=O)(=O)O)c1. The standard InChI is InChI=1S/C22H17ClN4O10S3/c23-20-17(7-12(24)8-18(20)39(32,33)34)26-27-21-19(40(35,36)37)6-11-4-5-14(10-16(11)22(21)28)25-13-2-1-3-15(9-13)38(29,30)31/h1-10,25,28H,24H2,(H,29,30,31)(H,32,33,34)(H,35,36,37). The summed E-state index contributed by atoms with van der Waals surface area (Å²) in [5.41, 5.74) is 4.81. The fraction of sp³-hybridized carbons (Fsp3) is 0. The molecule has 0 aliphatic carbocycles. The third-order valence-corrected chi connectivity index (χ3v) is 8.43. The van der Waals surface area contributed by atoms with E-state index in [9.17, 15) is 44.0 Å². The van der Waals surface area contributed by atoms with Gasteiger partial charge in [-0.15, -0.1) is 10.2 Å². The number of anilines is 3. The molecule has 4 rings (SSSR count). The van der Waals surface area contributed by atoms with Crippen LogP contribution in [0.15, 0.2) is 85.6 Å². The Balaban J connectivity index is 1.86. The van der Waals surface area contributed by atoms with Crippen LogP contribution in [-0.2, 0) is 30.4 Å². The fourth-order valence-corrected chi connectivity index (χ4v) is 5.82. The van der Waals surface area contributed by atoms with E-state index in [1.165, 1.54) is 36.4 Å². The molecule has 18 heteroatoms. The van der Waals surface area contributed by atoms with Gasteiger partial charge in [0.15, 0.2) is 5.75 Å². The van der Waals surface area contributed by atoms with E-state index in [0.717, 1.165) is 24.3 Å². The van der Waals surface area contributed by atoms with Gasteiger partial charge in [0.25, 0.3) is 30.4 Å². The summed E-state index contributed by atoms with van der Waals surface area (Å²) in [6, 6.07) is 12.3. The first-order valence-corrected chi connectivity index (χ1v) is 15.2. The first kappa shape index (κ1) is 29.2. The number of azo groups is 1. The van der Waals surface area contributed by atoms with Crippen molar-refractivity contribution in [2.75, 3.05) is 11.1 Å². The van der Waals surface area contributed by atoms with Crippen LogP contribution in [-0.4, -0.2) is 44.0 Å². The Morgan fingerprint density at radius 1 is 0.750 bits per heavy atom. The number of aromatic hydroxyl groups is 1. The van der Waals surface area contributed by atoms with Gasteiger partial charge in [-0.05, 0) is 53.9 Å². The zero-order chi connectivity index (χ0) is 29.6. The second-order valence-electron chi connectivity index (χ2n) is 8.14. The van der Waals surface area contributed by atoms with Crippen molar-refractivity contribution in [1.82, 2.24) is 0 Å². The van der Waals surface area contributed by atoms with Crippen molar-refractivity contribution in [3.05, 3.63) is 65.7 Å². The van der Waals surface area contributed by atoms with Crippen LogP contribution in [0.3, 0.4) is 0 Å². The Bertz CT molecular complexity index is 2050. The first-order valence-electron chi connectivity index (χ1n) is 10.6. The minimum absolute atomic E-state index is 0.00887. The Labute approximate surface area is 232 Å². The molecule has 0 spiro atoms. The molecule has 0 saturated heterocycles. The summed E-state index contributed by atoms with van der Waals surface area (Å²) >= 11 is 5.99. The lowest BCUT2D eigenvalue weighted by Crippen LogP contribution is -2.01. The number of nitrogens with zero attached hydrogens (tertiary/aromatic N) is 2. The summed E-state index contributed by atoms with van der Waals surface area (Å²) in [4.78, 5) is -2.02. The summed E-state index contributed by atoms with van der Waals surface area (Å²) < 4.78 is 98.6. The maximum absolute atomic E-state index is 12.1. The first-order chi connectivity index (χ1) is 18.4. The molecule has 0 radical (unpaired) electrons. The van der Waals surface area contributed by atoms with E-state index in [1.807, 2.05) is 0 Å². The topological polar surface area (TPSA) is 246 Å². The summed E-state index contributed by atoms with van der Waals surface area (Å²) in [5, 5.41) is 20.7. The van der Waals surface area contributed by atoms with Crippen LogP contribution < -0.4 is 11.1 Å². The smallest absolute Gasteiger partial charge is 0.296 e. The van der Waals surface area contributed by atoms with E-state index in [-0.39, 0.29) is 32.7 Å². The molecule has 14 nitrogen and oxygen atoms in total. The number of hydrogen-bond donors (Lipinski definition) is 6. The minimum Gasteiger partial charge on any atom is -0.505 e. The molecule has 0 amide bonds. The predicted molar refractivity (Wildman–Crippen MR) is 145 cm³/mol. The van der Waals surface area contributed by atoms with Gasteiger partial charge in [0.1, 0.15) is 21.2 Å². The second-order valence-corrected chi connectivity index (χ2v) is 12.7. The van der Waals surface area contributed by atoms with Gasteiger partial charge in [-0.3, -0.25) is 13.7 Å². The van der Waals surface area contributed by atoms with Crippen molar-refractivity contribution >= 4 is 81.2 Å². The lowest BCUT2D eigenvalue weighted by molar-refractivity contribution is 0.472. The number of rotatable bonds is 7. The van der Waals surface area contributed by atoms with Gasteiger partial charge in [0.2, 0.25) is 0 Å².